The molecule has 7 atom stereocenters. The lowest BCUT2D eigenvalue weighted by molar-refractivity contribution is -0.208. The van der Waals surface area contributed by atoms with Gasteiger partial charge in [-0.05, 0) is 117 Å². The summed E-state index contributed by atoms with van der Waals surface area (Å²) >= 11 is 6.48. The van der Waals surface area contributed by atoms with E-state index in [1.807, 2.05) is 25.1 Å². The molecule has 2 aliphatic carbocycles. The Kier molecular flexibility index (Phi) is 8.58. The van der Waals surface area contributed by atoms with Crippen molar-refractivity contribution >= 4 is 38.8 Å². The molecule has 6 aliphatic rings. The number of amides is 1. The van der Waals surface area contributed by atoms with Crippen LogP contribution in [-0.4, -0.2) is 89.4 Å². The molecule has 2 aromatic carbocycles. The maximum Gasteiger partial charge on any atom is 0.262 e. The van der Waals surface area contributed by atoms with Crippen molar-refractivity contribution in [3.8, 4) is 5.75 Å². The Hall–Kier alpha value is -2.30. The Bertz CT molecular complexity index is 1720. The van der Waals surface area contributed by atoms with Crippen LogP contribution in [0.3, 0.4) is 0 Å². The van der Waals surface area contributed by atoms with Crippen LogP contribution < -0.4 is 14.4 Å². The third-order valence-electron chi connectivity index (χ3n) is 13.2. The standard InChI is InChI=1S/C39H52ClN3O5S/c1-26-6-4-15-39(45,22-42-19-37(20-42)23-47-24-37)33-11-8-30(33)18-43-21-38(14-5-7-28-16-31(40)10-12-32(28)38)25-48-35-13-9-29(17-34(35)43)36(44)41-49(3,46)27(26)2/h9-10,12-13,16-17,26-27,30,33,45H,3-8,11,14-15,18-25H2,1-2H3,(H,41,44,46)/t26-,27+,30-,33+,38-,39?,49?/m0/s1. The number of halogens is 1. The minimum Gasteiger partial charge on any atom is -0.490 e. The highest BCUT2D eigenvalue weighted by molar-refractivity contribution is 7.99. The van der Waals surface area contributed by atoms with Gasteiger partial charge >= 0.3 is 0 Å². The van der Waals surface area contributed by atoms with E-state index in [1.165, 1.54) is 11.1 Å². The summed E-state index contributed by atoms with van der Waals surface area (Å²) in [4.78, 5) is 18.6. The van der Waals surface area contributed by atoms with Gasteiger partial charge in [0.15, 0.2) is 0 Å². The first-order valence-corrected chi connectivity index (χ1v) is 20.6. The van der Waals surface area contributed by atoms with Crippen molar-refractivity contribution in [1.82, 2.24) is 9.62 Å². The normalized spacial score (nSPS) is 37.4. The van der Waals surface area contributed by atoms with Gasteiger partial charge in [-0.1, -0.05) is 31.0 Å². The number of aliphatic hydroxyl groups is 1. The molecule has 1 amide bonds. The van der Waals surface area contributed by atoms with E-state index in [-0.39, 0.29) is 28.4 Å². The minimum absolute atomic E-state index is 0.0689. The van der Waals surface area contributed by atoms with Crippen LogP contribution in [0.15, 0.2) is 36.4 Å². The number of likely N-dealkylation sites (tertiary alicyclic amines) is 1. The van der Waals surface area contributed by atoms with Crippen LogP contribution in [-0.2, 0) is 26.3 Å². The van der Waals surface area contributed by atoms with Gasteiger partial charge in [0.05, 0.1) is 40.8 Å². The summed E-state index contributed by atoms with van der Waals surface area (Å²) in [5.41, 5.74) is 3.17. The second-order valence-corrected chi connectivity index (χ2v) is 19.5. The molecule has 2 bridgehead atoms. The molecule has 8 rings (SSSR count). The average Bonchev–Trinajstić information content (AvgIpc) is 3.15. The number of carbonyl (C=O) groups excluding carboxylic acids is 1. The van der Waals surface area contributed by atoms with Gasteiger partial charge in [-0.3, -0.25) is 14.4 Å². The van der Waals surface area contributed by atoms with Gasteiger partial charge in [0.25, 0.3) is 5.91 Å². The molecule has 4 heterocycles. The van der Waals surface area contributed by atoms with Crippen molar-refractivity contribution in [3.63, 3.8) is 0 Å². The number of hydrogen-bond donors (Lipinski definition) is 2. The summed E-state index contributed by atoms with van der Waals surface area (Å²) in [7, 11) is -2.94. The molecule has 3 fully saturated rings. The molecule has 2 N–H and O–H groups in total. The molecule has 4 aliphatic heterocycles. The van der Waals surface area contributed by atoms with E-state index >= 15 is 0 Å². The maximum atomic E-state index is 13.9. The zero-order chi connectivity index (χ0) is 34.2. The first-order valence-electron chi connectivity index (χ1n) is 18.4. The zero-order valence-electron chi connectivity index (χ0n) is 29.1. The lowest BCUT2D eigenvalue weighted by Gasteiger charge is -2.58. The second kappa shape index (κ2) is 12.4. The Morgan fingerprint density at radius 3 is 2.59 bits per heavy atom. The van der Waals surface area contributed by atoms with Crippen LogP contribution in [0.25, 0.3) is 0 Å². The van der Waals surface area contributed by atoms with Gasteiger partial charge < -0.3 is 19.5 Å². The quantitative estimate of drug-likeness (QED) is 0.400. The van der Waals surface area contributed by atoms with Crippen molar-refractivity contribution in [2.45, 2.75) is 81.5 Å². The first-order chi connectivity index (χ1) is 23.4. The summed E-state index contributed by atoms with van der Waals surface area (Å²) < 4.78 is 29.0. The van der Waals surface area contributed by atoms with E-state index in [4.69, 9.17) is 21.1 Å². The Labute approximate surface area is 297 Å². The fourth-order valence-electron chi connectivity index (χ4n) is 10.0. The van der Waals surface area contributed by atoms with Crippen LogP contribution in [0.1, 0.15) is 80.3 Å². The molecule has 1 saturated carbocycles. The summed E-state index contributed by atoms with van der Waals surface area (Å²) in [6, 6.07) is 11.9. The van der Waals surface area contributed by atoms with Gasteiger partial charge in [0.1, 0.15) is 5.75 Å². The highest BCUT2D eigenvalue weighted by atomic mass is 35.5. The largest absolute Gasteiger partial charge is 0.490 e. The summed E-state index contributed by atoms with van der Waals surface area (Å²) in [5.74, 6) is 4.98. The molecule has 266 valence electrons. The average molecular weight is 710 g/mol. The summed E-state index contributed by atoms with van der Waals surface area (Å²) in [6.45, 7) is 10.4. The van der Waals surface area contributed by atoms with E-state index in [1.54, 1.807) is 6.07 Å². The lowest BCUT2D eigenvalue weighted by atomic mass is 9.62. The highest BCUT2D eigenvalue weighted by Gasteiger charge is 2.54. The molecular formula is C39H52ClN3O5S. The molecule has 2 unspecified atom stereocenters. The van der Waals surface area contributed by atoms with Crippen molar-refractivity contribution < 1.29 is 23.6 Å². The van der Waals surface area contributed by atoms with Crippen molar-refractivity contribution in [1.29, 1.82) is 0 Å². The highest BCUT2D eigenvalue weighted by Crippen LogP contribution is 2.50. The third kappa shape index (κ3) is 6.09. The Morgan fingerprint density at radius 1 is 1.04 bits per heavy atom. The number of rotatable bonds is 2. The van der Waals surface area contributed by atoms with Crippen LogP contribution in [0.4, 0.5) is 5.69 Å². The molecule has 8 nitrogen and oxygen atoms in total. The van der Waals surface area contributed by atoms with Crippen molar-refractivity contribution in [2.75, 3.05) is 57.4 Å². The number of fused-ring (bicyclic) bond motifs is 4. The minimum atomic E-state index is -2.94. The van der Waals surface area contributed by atoms with E-state index in [0.29, 0.717) is 36.5 Å². The second-order valence-electron chi connectivity index (χ2n) is 16.7. The number of benzene rings is 2. The number of nitrogens with zero attached hydrogens (tertiary/aromatic N) is 2. The monoisotopic (exact) mass is 709 g/mol. The van der Waals surface area contributed by atoms with Crippen LogP contribution >= 0.6 is 11.6 Å². The van der Waals surface area contributed by atoms with Gasteiger partial charge in [-0.15, -0.1) is 0 Å². The predicted molar refractivity (Wildman–Crippen MR) is 196 cm³/mol. The Balaban J connectivity index is 1.17. The van der Waals surface area contributed by atoms with E-state index < -0.39 is 15.3 Å². The number of anilines is 1. The summed E-state index contributed by atoms with van der Waals surface area (Å²) in [6.07, 6.45) is 7.47. The van der Waals surface area contributed by atoms with Crippen LogP contribution in [0.2, 0.25) is 5.02 Å². The molecule has 10 heteroatoms. The van der Waals surface area contributed by atoms with Gasteiger partial charge in [-0.25, -0.2) is 4.21 Å². The molecular weight excluding hydrogens is 658 g/mol. The Morgan fingerprint density at radius 2 is 1.86 bits per heavy atom. The third-order valence-corrected chi connectivity index (χ3v) is 15.7. The number of ether oxygens (including phenoxy) is 2. The van der Waals surface area contributed by atoms with Gasteiger partial charge in [0, 0.05) is 59.4 Å². The molecule has 2 spiro atoms. The fourth-order valence-corrected chi connectivity index (χ4v) is 11.7. The van der Waals surface area contributed by atoms with E-state index in [0.717, 1.165) is 101 Å². The summed E-state index contributed by atoms with van der Waals surface area (Å²) in [5, 5.41) is 13.2. The smallest absolute Gasteiger partial charge is 0.262 e. The fraction of sp³-hybridized carbons (Fsp3) is 0.641. The van der Waals surface area contributed by atoms with E-state index in [2.05, 4.69) is 39.4 Å². The van der Waals surface area contributed by atoms with Crippen molar-refractivity contribution in [2.24, 2.45) is 23.2 Å². The number of carbonyl (C=O) groups is 1. The maximum absolute atomic E-state index is 13.9. The number of hydrogen-bond acceptors (Lipinski definition) is 7. The number of nitrogens with one attached hydrogen (secondary N) is 1. The molecule has 0 aromatic heterocycles. The number of β-amino-alcohol motifs (C(OH)–C–C–N with tert-alkyl or cyclic N) is 1. The van der Waals surface area contributed by atoms with E-state index in [9.17, 15) is 14.1 Å². The van der Waals surface area contributed by atoms with Gasteiger partial charge in [-0.2, -0.15) is 0 Å². The number of aryl methyl sites for hydroxylation is 1. The molecule has 0 radical (unpaired) electrons. The predicted octanol–water partition coefficient (Wildman–Crippen LogP) is 5.47. The first kappa shape index (κ1) is 33.8. The van der Waals surface area contributed by atoms with Gasteiger partial charge in [0.2, 0.25) is 0 Å². The van der Waals surface area contributed by atoms with Crippen LogP contribution in [0.5, 0.6) is 5.75 Å². The molecule has 2 saturated heterocycles. The zero-order valence-corrected chi connectivity index (χ0v) is 30.6. The lowest BCUT2D eigenvalue weighted by Crippen LogP contribution is -2.69. The topological polar surface area (TPSA) is 91.3 Å². The van der Waals surface area contributed by atoms with Crippen LogP contribution in [0, 0.1) is 23.2 Å². The molecule has 2 aromatic rings. The molecule has 49 heavy (non-hydrogen) atoms. The SMILES string of the molecule is C=S1(=O)NC(=O)c2ccc3c(c2)N(C[C@@H]2CC[C@H]2C(O)(CN2CC4(COC4)C2)CCC[C@H](C)[C@H]1C)C[C@@]1(CCCc2cc(Cl)ccc21)CO3. The van der Waals surface area contributed by atoms with Crippen molar-refractivity contribution in [3.05, 3.63) is 58.1 Å².